The Kier molecular flexibility index (Phi) is 2.73. The zero-order valence-electron chi connectivity index (χ0n) is 14.0. The van der Waals surface area contributed by atoms with E-state index in [-0.39, 0.29) is 10.8 Å². The van der Waals surface area contributed by atoms with E-state index in [1.807, 2.05) is 6.08 Å². The van der Waals surface area contributed by atoms with E-state index in [1.165, 1.54) is 27.7 Å². The van der Waals surface area contributed by atoms with Gasteiger partial charge in [-0.15, -0.1) is 6.58 Å². The van der Waals surface area contributed by atoms with Crippen molar-refractivity contribution < 1.29 is 0 Å². The van der Waals surface area contributed by atoms with E-state index < -0.39 is 0 Å². The maximum absolute atomic E-state index is 9.94. The van der Waals surface area contributed by atoms with E-state index in [0.29, 0.717) is 5.92 Å². The number of allylic oxidation sites excluding steroid dienone is 3. The first kappa shape index (κ1) is 14.3. The summed E-state index contributed by atoms with van der Waals surface area (Å²) in [5.41, 5.74) is 5.74. The Morgan fingerprint density at radius 2 is 2.04 bits per heavy atom. The molecule has 0 bridgehead atoms. The Labute approximate surface area is 137 Å². The Balaban J connectivity index is 2.15. The first-order valence-electron chi connectivity index (χ1n) is 8.34. The zero-order valence-corrected chi connectivity index (χ0v) is 14.0. The molecule has 0 spiro atoms. The van der Waals surface area contributed by atoms with Crippen molar-refractivity contribution in [3.8, 4) is 6.07 Å². The smallest absolute Gasteiger partial charge is 0.0959 e. The lowest BCUT2D eigenvalue weighted by Gasteiger charge is -2.39. The summed E-state index contributed by atoms with van der Waals surface area (Å²) in [5.74, 6) is 0.413. The van der Waals surface area contributed by atoms with Crippen molar-refractivity contribution in [2.75, 3.05) is 0 Å². The summed E-state index contributed by atoms with van der Waals surface area (Å²) in [6.45, 7) is 10.8. The molecule has 0 radical (unpaired) electrons. The van der Waals surface area contributed by atoms with Gasteiger partial charge in [0, 0.05) is 38.6 Å². The van der Waals surface area contributed by atoms with Gasteiger partial charge in [-0.3, -0.25) is 0 Å². The van der Waals surface area contributed by atoms with Crippen molar-refractivity contribution >= 4 is 16.5 Å². The van der Waals surface area contributed by atoms with Crippen LogP contribution in [0.4, 0.5) is 0 Å². The monoisotopic (exact) mass is 302 g/mol. The average molecular weight is 302 g/mol. The number of H-pyrrole nitrogens is 1. The van der Waals surface area contributed by atoms with Gasteiger partial charge in [-0.05, 0) is 30.4 Å². The second-order valence-electron chi connectivity index (χ2n) is 7.76. The largest absolute Gasteiger partial charge is 0.357 e. The normalized spacial score (nSPS) is 28.3. The Morgan fingerprint density at radius 3 is 2.74 bits per heavy atom. The Hall–Kier alpha value is -2.27. The molecule has 2 aliphatic carbocycles. The maximum atomic E-state index is 9.94. The highest BCUT2D eigenvalue weighted by Crippen LogP contribution is 2.60. The van der Waals surface area contributed by atoms with Crippen LogP contribution in [0.2, 0.25) is 0 Å². The SMILES string of the molecule is C=C[C@]1(C)CC[C@H]2C(=C1C#N)c1c([nH]c3ccccc13)C2(C)C. The van der Waals surface area contributed by atoms with Gasteiger partial charge in [0.2, 0.25) is 0 Å². The zero-order chi connectivity index (χ0) is 16.4. The van der Waals surface area contributed by atoms with Crippen molar-refractivity contribution in [1.29, 1.82) is 5.26 Å². The number of fused-ring (bicyclic) bond motifs is 5. The van der Waals surface area contributed by atoms with Gasteiger partial charge in [0.25, 0.3) is 0 Å². The third kappa shape index (κ3) is 1.63. The van der Waals surface area contributed by atoms with Crippen LogP contribution in [0, 0.1) is 22.7 Å². The molecule has 2 aliphatic rings. The van der Waals surface area contributed by atoms with E-state index in [9.17, 15) is 5.26 Å². The van der Waals surface area contributed by atoms with Crippen LogP contribution in [0.1, 0.15) is 44.9 Å². The number of nitrogens with one attached hydrogen (secondary N) is 1. The van der Waals surface area contributed by atoms with Gasteiger partial charge in [-0.2, -0.15) is 5.26 Å². The Morgan fingerprint density at radius 1 is 1.30 bits per heavy atom. The topological polar surface area (TPSA) is 39.6 Å². The number of para-hydroxylation sites is 1. The first-order valence-corrected chi connectivity index (χ1v) is 8.34. The highest BCUT2D eigenvalue weighted by atomic mass is 14.8. The fraction of sp³-hybridized carbons (Fsp3) is 0.381. The Bertz CT molecular complexity index is 904. The van der Waals surface area contributed by atoms with Gasteiger partial charge in [0.05, 0.1) is 6.07 Å². The molecule has 1 heterocycles. The van der Waals surface area contributed by atoms with Gasteiger partial charge in [0.15, 0.2) is 0 Å². The molecule has 0 amide bonds. The van der Waals surface area contributed by atoms with Crippen LogP contribution in [0.5, 0.6) is 0 Å². The molecule has 2 atom stereocenters. The lowest BCUT2D eigenvalue weighted by Crippen LogP contribution is -2.31. The quantitative estimate of drug-likeness (QED) is 0.710. The second-order valence-corrected chi connectivity index (χ2v) is 7.76. The lowest BCUT2D eigenvalue weighted by molar-refractivity contribution is 0.315. The molecule has 23 heavy (non-hydrogen) atoms. The summed E-state index contributed by atoms with van der Waals surface area (Å²) in [4.78, 5) is 3.64. The molecule has 2 nitrogen and oxygen atoms in total. The number of hydrogen-bond acceptors (Lipinski definition) is 1. The van der Waals surface area contributed by atoms with Crippen LogP contribution in [0.15, 0.2) is 42.5 Å². The van der Waals surface area contributed by atoms with E-state index in [2.05, 4.69) is 62.7 Å². The molecular weight excluding hydrogens is 280 g/mol. The third-order valence-corrected chi connectivity index (χ3v) is 6.19. The van der Waals surface area contributed by atoms with E-state index >= 15 is 0 Å². The summed E-state index contributed by atoms with van der Waals surface area (Å²) in [7, 11) is 0. The lowest BCUT2D eigenvalue weighted by atomic mass is 9.64. The summed E-state index contributed by atoms with van der Waals surface area (Å²) in [6, 6.07) is 11.0. The van der Waals surface area contributed by atoms with Crippen molar-refractivity contribution in [3.05, 3.63) is 53.8 Å². The molecular formula is C21H22N2. The van der Waals surface area contributed by atoms with Gasteiger partial charge in [-0.1, -0.05) is 45.0 Å². The number of aromatic nitrogens is 1. The van der Waals surface area contributed by atoms with E-state index in [1.54, 1.807) is 0 Å². The maximum Gasteiger partial charge on any atom is 0.0959 e. The number of rotatable bonds is 1. The molecule has 0 unspecified atom stereocenters. The molecule has 0 saturated carbocycles. The minimum atomic E-state index is -0.212. The van der Waals surface area contributed by atoms with E-state index in [4.69, 9.17) is 0 Å². The molecule has 1 aromatic heterocycles. The second kappa shape index (κ2) is 4.38. The highest BCUT2D eigenvalue weighted by molar-refractivity contribution is 5.99. The van der Waals surface area contributed by atoms with Crippen LogP contribution < -0.4 is 0 Å². The number of nitriles is 1. The fourth-order valence-electron chi connectivity index (χ4n) is 4.69. The van der Waals surface area contributed by atoms with Gasteiger partial charge in [0.1, 0.15) is 0 Å². The van der Waals surface area contributed by atoms with Gasteiger partial charge >= 0.3 is 0 Å². The van der Waals surface area contributed by atoms with Crippen LogP contribution in [0.3, 0.4) is 0 Å². The standard InChI is InChI=1S/C21H22N2/c1-5-21(4)11-10-14-18(15(21)12-22)17-13-8-6-7-9-16(13)23-19(17)20(14,2)3/h5-9,14,23H,1,10-11H2,2-4H3/t14-,21+/m0/s1. The molecule has 1 N–H and O–H groups in total. The summed E-state index contributed by atoms with van der Waals surface area (Å²) < 4.78 is 0. The molecule has 1 aromatic carbocycles. The number of nitrogens with zero attached hydrogens (tertiary/aromatic N) is 1. The molecule has 4 rings (SSSR count). The minimum absolute atomic E-state index is 0.0360. The van der Waals surface area contributed by atoms with Crippen LogP contribution >= 0.6 is 0 Å². The molecule has 0 aliphatic heterocycles. The van der Waals surface area contributed by atoms with Crippen LogP contribution in [-0.2, 0) is 5.41 Å². The predicted octanol–water partition coefficient (Wildman–Crippen LogP) is 5.34. The van der Waals surface area contributed by atoms with Crippen LogP contribution in [-0.4, -0.2) is 4.98 Å². The van der Waals surface area contributed by atoms with Crippen molar-refractivity contribution in [2.24, 2.45) is 11.3 Å². The minimum Gasteiger partial charge on any atom is -0.357 e. The molecule has 0 fully saturated rings. The summed E-state index contributed by atoms with van der Waals surface area (Å²) in [5, 5.41) is 11.2. The van der Waals surface area contributed by atoms with Gasteiger partial charge < -0.3 is 4.98 Å². The fourth-order valence-corrected chi connectivity index (χ4v) is 4.69. The average Bonchev–Trinajstić information content (AvgIpc) is 3.02. The predicted molar refractivity (Wildman–Crippen MR) is 94.9 cm³/mol. The molecule has 2 heteroatoms. The highest BCUT2D eigenvalue weighted by Gasteiger charge is 2.50. The number of aromatic amines is 1. The third-order valence-electron chi connectivity index (χ3n) is 6.19. The van der Waals surface area contributed by atoms with Crippen molar-refractivity contribution in [1.82, 2.24) is 4.98 Å². The summed E-state index contributed by atoms with van der Waals surface area (Å²) in [6.07, 6.45) is 4.07. The number of benzene rings is 1. The first-order chi connectivity index (χ1) is 10.9. The molecule has 0 saturated heterocycles. The number of hydrogen-bond donors (Lipinski definition) is 1. The van der Waals surface area contributed by atoms with Crippen molar-refractivity contribution in [3.63, 3.8) is 0 Å². The van der Waals surface area contributed by atoms with E-state index in [0.717, 1.165) is 18.4 Å². The molecule has 116 valence electrons. The van der Waals surface area contributed by atoms with Gasteiger partial charge in [-0.25, -0.2) is 0 Å². The summed E-state index contributed by atoms with van der Waals surface area (Å²) >= 11 is 0. The molecule has 2 aromatic rings. The van der Waals surface area contributed by atoms with Crippen molar-refractivity contribution in [2.45, 2.75) is 39.0 Å². The van der Waals surface area contributed by atoms with Crippen LogP contribution in [0.25, 0.3) is 16.5 Å².